The van der Waals surface area contributed by atoms with Gasteiger partial charge in [0.05, 0.1) is 5.56 Å². The Labute approximate surface area is 72.2 Å². The topological polar surface area (TPSA) is 26.0 Å². The van der Waals surface area contributed by atoms with Crippen LogP contribution >= 0.6 is 0 Å². The Bertz CT molecular complexity index is 330. The number of rotatable bonds is 0. The predicted molar refractivity (Wildman–Crippen MR) is 40.6 cm³/mol. The van der Waals surface area contributed by atoms with E-state index in [9.17, 15) is 17.6 Å². The molecular formula is C8H7F4N. The molecule has 2 N–H and O–H groups in total. The maximum Gasteiger partial charge on any atom is 0.419 e. The molecule has 1 rings (SSSR count). The van der Waals surface area contributed by atoms with Crippen molar-refractivity contribution in [3.8, 4) is 0 Å². The Balaban J connectivity index is 3.37. The molecule has 0 saturated heterocycles. The van der Waals surface area contributed by atoms with Crippen LogP contribution in [-0.2, 0) is 6.18 Å². The van der Waals surface area contributed by atoms with Crippen LogP contribution in [0.2, 0.25) is 0 Å². The van der Waals surface area contributed by atoms with E-state index in [2.05, 4.69) is 0 Å². The third kappa shape index (κ3) is 1.91. The fourth-order valence-corrected chi connectivity index (χ4v) is 1.00. The molecule has 0 saturated carbocycles. The molecule has 5 heteroatoms. The molecule has 1 aromatic carbocycles. The number of halogens is 4. The number of nitrogen functional groups attached to an aromatic ring is 1. The van der Waals surface area contributed by atoms with Gasteiger partial charge in [0.1, 0.15) is 5.82 Å². The van der Waals surface area contributed by atoms with E-state index >= 15 is 0 Å². The molecule has 0 unspecified atom stereocenters. The highest BCUT2D eigenvalue weighted by molar-refractivity contribution is 5.46. The van der Waals surface area contributed by atoms with Gasteiger partial charge in [-0.15, -0.1) is 0 Å². The molecule has 0 aromatic heterocycles. The summed E-state index contributed by atoms with van der Waals surface area (Å²) in [5.74, 6) is -1.26. The lowest BCUT2D eigenvalue weighted by Gasteiger charge is -2.10. The third-order valence-corrected chi connectivity index (χ3v) is 1.58. The van der Waals surface area contributed by atoms with Gasteiger partial charge in [0, 0.05) is 5.69 Å². The van der Waals surface area contributed by atoms with Gasteiger partial charge in [-0.1, -0.05) is 0 Å². The second-order valence-corrected chi connectivity index (χ2v) is 2.70. The maximum atomic E-state index is 12.9. The molecule has 13 heavy (non-hydrogen) atoms. The number of anilines is 1. The average molecular weight is 193 g/mol. The summed E-state index contributed by atoms with van der Waals surface area (Å²) in [4.78, 5) is 0. The lowest BCUT2D eigenvalue weighted by molar-refractivity contribution is -0.140. The Morgan fingerprint density at radius 1 is 1.23 bits per heavy atom. The molecule has 0 bridgehead atoms. The van der Waals surface area contributed by atoms with Crippen molar-refractivity contribution in [1.29, 1.82) is 0 Å². The van der Waals surface area contributed by atoms with Crippen molar-refractivity contribution in [1.82, 2.24) is 0 Å². The summed E-state index contributed by atoms with van der Waals surface area (Å²) in [6, 6.07) is 1.74. The van der Waals surface area contributed by atoms with Gasteiger partial charge in [-0.2, -0.15) is 13.2 Å². The Morgan fingerprint density at radius 3 is 2.23 bits per heavy atom. The van der Waals surface area contributed by atoms with Crippen molar-refractivity contribution in [2.45, 2.75) is 13.1 Å². The van der Waals surface area contributed by atoms with Gasteiger partial charge in [-0.05, 0) is 24.6 Å². The molecule has 0 spiro atoms. The van der Waals surface area contributed by atoms with Crippen molar-refractivity contribution < 1.29 is 17.6 Å². The van der Waals surface area contributed by atoms with Gasteiger partial charge in [0.15, 0.2) is 0 Å². The van der Waals surface area contributed by atoms with Gasteiger partial charge in [0.2, 0.25) is 0 Å². The Kier molecular flexibility index (Phi) is 2.19. The highest BCUT2D eigenvalue weighted by Gasteiger charge is 2.34. The van der Waals surface area contributed by atoms with E-state index in [1.807, 2.05) is 0 Å². The number of hydrogen-bond acceptors (Lipinski definition) is 1. The summed E-state index contributed by atoms with van der Waals surface area (Å²) in [5, 5.41) is 0. The maximum absolute atomic E-state index is 12.9. The molecule has 0 aliphatic heterocycles. The predicted octanol–water partition coefficient (Wildman–Crippen LogP) is 2.74. The zero-order chi connectivity index (χ0) is 10.2. The van der Waals surface area contributed by atoms with Crippen LogP contribution in [0, 0.1) is 12.7 Å². The van der Waals surface area contributed by atoms with Crippen molar-refractivity contribution in [2.24, 2.45) is 0 Å². The number of nitrogens with two attached hydrogens (primary N) is 1. The van der Waals surface area contributed by atoms with Crippen molar-refractivity contribution in [3.05, 3.63) is 29.1 Å². The second-order valence-electron chi connectivity index (χ2n) is 2.70. The van der Waals surface area contributed by atoms with Gasteiger partial charge < -0.3 is 5.73 Å². The standard InChI is InChI=1S/C8H7F4N/c1-4-2-5(13)3-6(7(4)9)8(10,11)12/h2-3H,13H2,1H3. The highest BCUT2D eigenvalue weighted by Crippen LogP contribution is 2.33. The Hall–Kier alpha value is -1.26. The van der Waals surface area contributed by atoms with Crippen LogP contribution < -0.4 is 5.73 Å². The summed E-state index contributed by atoms with van der Waals surface area (Å²) in [7, 11) is 0. The molecule has 0 amide bonds. The quantitative estimate of drug-likeness (QED) is 0.497. The van der Waals surface area contributed by atoms with Crippen molar-refractivity contribution in [2.75, 3.05) is 5.73 Å². The SMILES string of the molecule is Cc1cc(N)cc(C(F)(F)F)c1F. The minimum atomic E-state index is -4.69. The van der Waals surface area contributed by atoms with Gasteiger partial charge in [-0.3, -0.25) is 0 Å². The molecule has 0 aliphatic carbocycles. The largest absolute Gasteiger partial charge is 0.419 e. The summed E-state index contributed by atoms with van der Waals surface area (Å²) in [6.07, 6.45) is -4.69. The lowest BCUT2D eigenvalue weighted by atomic mass is 10.1. The molecule has 1 nitrogen and oxygen atoms in total. The minimum Gasteiger partial charge on any atom is -0.399 e. The molecule has 0 fully saturated rings. The summed E-state index contributed by atoms with van der Waals surface area (Å²) in [5.41, 5.74) is 3.65. The second kappa shape index (κ2) is 2.90. The summed E-state index contributed by atoms with van der Waals surface area (Å²) >= 11 is 0. The first-order chi connectivity index (χ1) is 5.82. The van der Waals surface area contributed by atoms with Crippen LogP contribution in [-0.4, -0.2) is 0 Å². The van der Waals surface area contributed by atoms with Crippen LogP contribution in [0.15, 0.2) is 12.1 Å². The zero-order valence-corrected chi connectivity index (χ0v) is 6.74. The third-order valence-electron chi connectivity index (χ3n) is 1.58. The number of benzene rings is 1. The molecule has 1 aromatic rings. The van der Waals surface area contributed by atoms with Crippen molar-refractivity contribution in [3.63, 3.8) is 0 Å². The smallest absolute Gasteiger partial charge is 0.399 e. The highest BCUT2D eigenvalue weighted by atomic mass is 19.4. The van der Waals surface area contributed by atoms with Crippen LogP contribution in [0.3, 0.4) is 0 Å². The van der Waals surface area contributed by atoms with Crippen molar-refractivity contribution >= 4 is 5.69 Å². The molecule has 0 radical (unpaired) electrons. The van der Waals surface area contributed by atoms with Gasteiger partial charge in [-0.25, -0.2) is 4.39 Å². The Morgan fingerprint density at radius 2 is 1.77 bits per heavy atom. The van der Waals surface area contributed by atoms with E-state index in [4.69, 9.17) is 5.73 Å². The van der Waals surface area contributed by atoms with Crippen LogP contribution in [0.1, 0.15) is 11.1 Å². The van der Waals surface area contributed by atoms with E-state index in [1.165, 1.54) is 6.92 Å². The first-order valence-corrected chi connectivity index (χ1v) is 3.45. The van der Waals surface area contributed by atoms with E-state index in [0.717, 1.165) is 6.07 Å². The van der Waals surface area contributed by atoms with Crippen LogP contribution in [0.5, 0.6) is 0 Å². The fraction of sp³-hybridized carbons (Fsp3) is 0.250. The molecule has 0 heterocycles. The molecule has 0 aliphatic rings. The van der Waals surface area contributed by atoms with E-state index in [0.29, 0.717) is 6.07 Å². The minimum absolute atomic E-state index is 0.0915. The van der Waals surface area contributed by atoms with Gasteiger partial charge >= 0.3 is 6.18 Å². The molecular weight excluding hydrogens is 186 g/mol. The summed E-state index contributed by atoms with van der Waals surface area (Å²) in [6.45, 7) is 1.24. The van der Waals surface area contributed by atoms with E-state index in [1.54, 1.807) is 0 Å². The van der Waals surface area contributed by atoms with Crippen LogP contribution in [0.4, 0.5) is 23.2 Å². The summed E-state index contributed by atoms with van der Waals surface area (Å²) < 4.78 is 49.2. The normalized spacial score (nSPS) is 11.8. The lowest BCUT2D eigenvalue weighted by Crippen LogP contribution is -2.10. The number of aryl methyl sites for hydroxylation is 1. The number of hydrogen-bond donors (Lipinski definition) is 1. The molecule has 72 valence electrons. The van der Waals surface area contributed by atoms with E-state index < -0.39 is 17.6 Å². The monoisotopic (exact) mass is 193 g/mol. The molecule has 0 atom stereocenters. The van der Waals surface area contributed by atoms with Gasteiger partial charge in [0.25, 0.3) is 0 Å². The first-order valence-electron chi connectivity index (χ1n) is 3.45. The fourth-order valence-electron chi connectivity index (χ4n) is 1.00. The first kappa shape index (κ1) is 9.83. The number of alkyl halides is 3. The van der Waals surface area contributed by atoms with E-state index in [-0.39, 0.29) is 11.3 Å². The average Bonchev–Trinajstić information content (AvgIpc) is 1.94. The zero-order valence-electron chi connectivity index (χ0n) is 6.74. The van der Waals surface area contributed by atoms with Crippen LogP contribution in [0.25, 0.3) is 0 Å².